The molecule has 0 aliphatic carbocycles. The van der Waals surface area contributed by atoms with Gasteiger partial charge in [0.15, 0.2) is 5.96 Å². The fraction of sp³-hybridized carbons (Fsp3) is 0.650. The van der Waals surface area contributed by atoms with Gasteiger partial charge >= 0.3 is 0 Å². The molecule has 1 saturated heterocycles. The molecule has 148 valence electrons. The quantitative estimate of drug-likeness (QED) is 0.346. The topological polar surface area (TPSA) is 42.9 Å². The summed E-state index contributed by atoms with van der Waals surface area (Å²) in [6.45, 7) is 9.40. The average molecular weight is 473 g/mol. The minimum Gasteiger partial charge on any atom is -0.378 e. The summed E-state index contributed by atoms with van der Waals surface area (Å²) in [5.41, 5.74) is 2.59. The molecule has 6 heteroatoms. The molecule has 1 aliphatic rings. The third-order valence-electron chi connectivity index (χ3n) is 4.87. The van der Waals surface area contributed by atoms with Gasteiger partial charge in [0.25, 0.3) is 0 Å². The normalized spacial score (nSPS) is 17.7. The standard InChI is InChI=1S/C20H35N5.HI/c1-5-21-20(23-16-19-8-7-15-25(19)6-2)22-14-13-17-9-11-18(12-10-17)24(3)4;/h9-12,19H,5-8,13-16H2,1-4H3,(H2,21,22,23);1H. The van der Waals surface area contributed by atoms with Crippen LogP contribution in [0.15, 0.2) is 29.3 Å². The third-order valence-corrected chi connectivity index (χ3v) is 4.87. The van der Waals surface area contributed by atoms with E-state index in [1.165, 1.54) is 30.6 Å². The van der Waals surface area contributed by atoms with Crippen molar-refractivity contribution in [1.82, 2.24) is 15.5 Å². The van der Waals surface area contributed by atoms with Crippen molar-refractivity contribution in [1.29, 1.82) is 0 Å². The van der Waals surface area contributed by atoms with Crippen LogP contribution in [0, 0.1) is 0 Å². The molecule has 2 N–H and O–H groups in total. The number of benzene rings is 1. The summed E-state index contributed by atoms with van der Waals surface area (Å²) in [6, 6.07) is 9.37. The Morgan fingerprint density at radius 1 is 1.19 bits per heavy atom. The van der Waals surface area contributed by atoms with Gasteiger partial charge in [0.1, 0.15) is 0 Å². The highest BCUT2D eigenvalue weighted by atomic mass is 127. The third kappa shape index (κ3) is 7.31. The number of nitrogens with one attached hydrogen (secondary N) is 2. The molecule has 1 aromatic rings. The number of anilines is 1. The molecule has 26 heavy (non-hydrogen) atoms. The molecule has 0 amide bonds. The van der Waals surface area contributed by atoms with Gasteiger partial charge in [-0.15, -0.1) is 24.0 Å². The molecule has 0 radical (unpaired) electrons. The molecule has 1 fully saturated rings. The van der Waals surface area contributed by atoms with Crippen molar-refractivity contribution in [2.75, 3.05) is 51.7 Å². The zero-order valence-electron chi connectivity index (χ0n) is 16.8. The second-order valence-electron chi connectivity index (χ2n) is 6.88. The summed E-state index contributed by atoms with van der Waals surface area (Å²) < 4.78 is 0. The first-order valence-electron chi connectivity index (χ1n) is 9.66. The van der Waals surface area contributed by atoms with Crippen LogP contribution in [0.5, 0.6) is 0 Å². The van der Waals surface area contributed by atoms with E-state index in [1.54, 1.807) is 0 Å². The zero-order valence-corrected chi connectivity index (χ0v) is 19.1. The summed E-state index contributed by atoms with van der Waals surface area (Å²) in [5, 5.41) is 6.84. The number of likely N-dealkylation sites (N-methyl/N-ethyl adjacent to an activating group) is 1. The summed E-state index contributed by atoms with van der Waals surface area (Å²) in [7, 11) is 4.14. The van der Waals surface area contributed by atoms with E-state index in [2.05, 4.69) is 72.6 Å². The Kier molecular flexibility index (Phi) is 11.0. The van der Waals surface area contributed by atoms with Crippen molar-refractivity contribution < 1.29 is 0 Å². The second kappa shape index (κ2) is 12.4. The largest absolute Gasteiger partial charge is 0.378 e. The molecular formula is C20H36IN5. The molecule has 0 saturated carbocycles. The van der Waals surface area contributed by atoms with E-state index >= 15 is 0 Å². The van der Waals surface area contributed by atoms with Crippen molar-refractivity contribution in [3.8, 4) is 0 Å². The smallest absolute Gasteiger partial charge is 0.191 e. The monoisotopic (exact) mass is 473 g/mol. The molecule has 0 aromatic heterocycles. The fourth-order valence-corrected chi connectivity index (χ4v) is 3.34. The van der Waals surface area contributed by atoms with Gasteiger partial charge in [-0.2, -0.15) is 0 Å². The first-order valence-corrected chi connectivity index (χ1v) is 9.66. The predicted molar refractivity (Wildman–Crippen MR) is 124 cm³/mol. The van der Waals surface area contributed by atoms with Crippen molar-refractivity contribution in [2.45, 2.75) is 39.2 Å². The average Bonchev–Trinajstić information content (AvgIpc) is 3.07. The van der Waals surface area contributed by atoms with Gasteiger partial charge in [-0.3, -0.25) is 9.89 Å². The van der Waals surface area contributed by atoms with E-state index in [-0.39, 0.29) is 24.0 Å². The number of aliphatic imine (C=N–C) groups is 1. The molecule has 0 bridgehead atoms. The Balaban J connectivity index is 0.00000338. The van der Waals surface area contributed by atoms with E-state index in [9.17, 15) is 0 Å². The van der Waals surface area contributed by atoms with Crippen molar-refractivity contribution in [3.05, 3.63) is 29.8 Å². The highest BCUT2D eigenvalue weighted by molar-refractivity contribution is 14.0. The maximum Gasteiger partial charge on any atom is 0.191 e. The van der Waals surface area contributed by atoms with Crippen LogP contribution < -0.4 is 15.5 Å². The molecule has 2 rings (SSSR count). The Labute approximate surface area is 176 Å². The number of halogens is 1. The molecular weight excluding hydrogens is 437 g/mol. The van der Waals surface area contributed by atoms with E-state index in [4.69, 9.17) is 4.99 Å². The highest BCUT2D eigenvalue weighted by Crippen LogP contribution is 2.16. The lowest BCUT2D eigenvalue weighted by Gasteiger charge is -2.21. The molecule has 1 unspecified atom stereocenters. The molecule has 5 nitrogen and oxygen atoms in total. The van der Waals surface area contributed by atoms with Gasteiger partial charge in [0.2, 0.25) is 0 Å². The Morgan fingerprint density at radius 3 is 2.54 bits per heavy atom. The number of guanidine groups is 1. The molecule has 1 aromatic carbocycles. The van der Waals surface area contributed by atoms with E-state index in [1.807, 2.05) is 0 Å². The summed E-state index contributed by atoms with van der Waals surface area (Å²) >= 11 is 0. The van der Waals surface area contributed by atoms with E-state index < -0.39 is 0 Å². The number of nitrogens with zero attached hydrogens (tertiary/aromatic N) is 3. The van der Waals surface area contributed by atoms with Crippen molar-refractivity contribution >= 4 is 35.6 Å². The fourth-order valence-electron chi connectivity index (χ4n) is 3.34. The van der Waals surface area contributed by atoms with Gasteiger partial charge in [0.05, 0.1) is 6.54 Å². The minimum atomic E-state index is 0. The zero-order chi connectivity index (χ0) is 18.1. The van der Waals surface area contributed by atoms with Crippen LogP contribution in [0.1, 0.15) is 32.3 Å². The van der Waals surface area contributed by atoms with E-state index in [0.717, 1.165) is 38.6 Å². The van der Waals surface area contributed by atoms with Gasteiger partial charge < -0.3 is 15.5 Å². The lowest BCUT2D eigenvalue weighted by Crippen LogP contribution is -2.40. The van der Waals surface area contributed by atoms with Crippen LogP contribution >= 0.6 is 24.0 Å². The van der Waals surface area contributed by atoms with E-state index in [0.29, 0.717) is 6.04 Å². The predicted octanol–water partition coefficient (Wildman–Crippen LogP) is 2.95. The SMILES string of the molecule is CCNC(=NCC1CCCN1CC)NCCc1ccc(N(C)C)cc1.I. The summed E-state index contributed by atoms with van der Waals surface area (Å²) in [6.07, 6.45) is 3.58. The Bertz CT molecular complexity index is 530. The highest BCUT2D eigenvalue weighted by Gasteiger charge is 2.22. The van der Waals surface area contributed by atoms with Crippen LogP contribution in [-0.2, 0) is 6.42 Å². The van der Waals surface area contributed by atoms with Crippen molar-refractivity contribution in [3.63, 3.8) is 0 Å². The first-order chi connectivity index (χ1) is 12.1. The van der Waals surface area contributed by atoms with Gasteiger partial charge in [-0.05, 0) is 57.0 Å². The van der Waals surface area contributed by atoms with Crippen LogP contribution in [0.4, 0.5) is 5.69 Å². The van der Waals surface area contributed by atoms with Crippen LogP contribution in [0.25, 0.3) is 0 Å². The van der Waals surface area contributed by atoms with Crippen LogP contribution in [0.3, 0.4) is 0 Å². The molecule has 1 heterocycles. The lowest BCUT2D eigenvalue weighted by atomic mass is 10.1. The Morgan fingerprint density at radius 2 is 1.92 bits per heavy atom. The summed E-state index contributed by atoms with van der Waals surface area (Å²) in [4.78, 5) is 9.47. The van der Waals surface area contributed by atoms with Crippen molar-refractivity contribution in [2.24, 2.45) is 4.99 Å². The number of hydrogen-bond acceptors (Lipinski definition) is 3. The maximum absolute atomic E-state index is 4.81. The molecule has 1 aliphatic heterocycles. The maximum atomic E-state index is 4.81. The molecule has 0 spiro atoms. The van der Waals surface area contributed by atoms with Crippen LogP contribution in [0.2, 0.25) is 0 Å². The Hall–Kier alpha value is -1.02. The number of likely N-dealkylation sites (tertiary alicyclic amines) is 1. The van der Waals surface area contributed by atoms with Gasteiger partial charge in [0, 0.05) is 38.9 Å². The molecule has 1 atom stereocenters. The van der Waals surface area contributed by atoms with Gasteiger partial charge in [-0.1, -0.05) is 19.1 Å². The van der Waals surface area contributed by atoms with Gasteiger partial charge in [-0.25, -0.2) is 0 Å². The minimum absolute atomic E-state index is 0. The second-order valence-corrected chi connectivity index (χ2v) is 6.88. The van der Waals surface area contributed by atoms with Crippen LogP contribution in [-0.4, -0.2) is 63.7 Å². The first kappa shape index (κ1) is 23.0. The summed E-state index contributed by atoms with van der Waals surface area (Å²) in [5.74, 6) is 0.940. The lowest BCUT2D eigenvalue weighted by molar-refractivity contribution is 0.273. The number of rotatable bonds is 8. The number of hydrogen-bond donors (Lipinski definition) is 2.